The van der Waals surface area contributed by atoms with Crippen molar-refractivity contribution in [2.45, 2.75) is 26.8 Å². The van der Waals surface area contributed by atoms with Crippen LogP contribution in [0.3, 0.4) is 0 Å². The Morgan fingerprint density at radius 3 is 2.00 bits per heavy atom. The molecule has 0 unspecified atom stereocenters. The standard InChI is InChI=1S/C14H19N3/c1-10-4-5-11(2)17(10)14-8-6-13(7-9-14)12(3)16-15/h4-9,12,16H,15H2,1-3H3/t12-/m0/s1. The summed E-state index contributed by atoms with van der Waals surface area (Å²) < 4.78 is 2.24. The van der Waals surface area contributed by atoms with Gasteiger partial charge in [-0.1, -0.05) is 12.1 Å². The molecule has 0 spiro atoms. The number of aryl methyl sites for hydroxylation is 2. The van der Waals surface area contributed by atoms with E-state index in [0.29, 0.717) is 0 Å². The fraction of sp³-hybridized carbons (Fsp3) is 0.286. The number of nitrogens with zero attached hydrogens (tertiary/aromatic N) is 1. The van der Waals surface area contributed by atoms with Gasteiger partial charge in [-0.3, -0.25) is 11.3 Å². The van der Waals surface area contributed by atoms with Gasteiger partial charge in [0.2, 0.25) is 0 Å². The van der Waals surface area contributed by atoms with Crippen molar-refractivity contribution in [2.24, 2.45) is 5.84 Å². The molecule has 3 nitrogen and oxygen atoms in total. The minimum absolute atomic E-state index is 0.177. The van der Waals surface area contributed by atoms with E-state index >= 15 is 0 Å². The average Bonchev–Trinajstić information content (AvgIpc) is 2.68. The summed E-state index contributed by atoms with van der Waals surface area (Å²) in [6.07, 6.45) is 0. The predicted molar refractivity (Wildman–Crippen MR) is 71.0 cm³/mol. The second-order valence-electron chi connectivity index (χ2n) is 4.43. The van der Waals surface area contributed by atoms with Gasteiger partial charge in [-0.2, -0.15) is 0 Å². The zero-order chi connectivity index (χ0) is 12.4. The highest BCUT2D eigenvalue weighted by molar-refractivity contribution is 5.40. The van der Waals surface area contributed by atoms with E-state index in [1.807, 2.05) is 6.92 Å². The van der Waals surface area contributed by atoms with Crippen molar-refractivity contribution in [3.8, 4) is 5.69 Å². The van der Waals surface area contributed by atoms with Crippen molar-refractivity contribution in [3.05, 3.63) is 53.3 Å². The SMILES string of the molecule is Cc1ccc(C)n1-c1ccc([C@H](C)NN)cc1. The number of aromatic nitrogens is 1. The quantitative estimate of drug-likeness (QED) is 0.627. The molecule has 3 heteroatoms. The van der Waals surface area contributed by atoms with Gasteiger partial charge in [-0.15, -0.1) is 0 Å². The minimum Gasteiger partial charge on any atom is -0.319 e. The van der Waals surface area contributed by atoms with E-state index in [1.54, 1.807) is 0 Å². The molecule has 2 rings (SSSR count). The van der Waals surface area contributed by atoms with Crippen molar-refractivity contribution in [1.82, 2.24) is 9.99 Å². The molecule has 2 aromatic rings. The molecule has 0 saturated carbocycles. The first-order valence-corrected chi connectivity index (χ1v) is 5.85. The molecule has 0 aliphatic carbocycles. The third-order valence-corrected chi connectivity index (χ3v) is 3.17. The zero-order valence-corrected chi connectivity index (χ0v) is 10.6. The highest BCUT2D eigenvalue weighted by Crippen LogP contribution is 2.19. The first-order valence-electron chi connectivity index (χ1n) is 5.85. The molecular formula is C14H19N3. The first-order chi connectivity index (χ1) is 8.13. The molecular weight excluding hydrogens is 210 g/mol. The van der Waals surface area contributed by atoms with E-state index < -0.39 is 0 Å². The summed E-state index contributed by atoms with van der Waals surface area (Å²) >= 11 is 0. The summed E-state index contributed by atoms with van der Waals surface area (Å²) in [6, 6.07) is 12.9. The zero-order valence-electron chi connectivity index (χ0n) is 10.6. The van der Waals surface area contributed by atoms with Crippen LogP contribution in [0.5, 0.6) is 0 Å². The summed E-state index contributed by atoms with van der Waals surface area (Å²) in [6.45, 7) is 6.27. The van der Waals surface area contributed by atoms with Crippen LogP contribution in [0.15, 0.2) is 36.4 Å². The van der Waals surface area contributed by atoms with E-state index in [-0.39, 0.29) is 6.04 Å². The number of nitrogens with one attached hydrogen (secondary N) is 1. The van der Waals surface area contributed by atoms with Crippen molar-refractivity contribution in [3.63, 3.8) is 0 Å². The molecule has 17 heavy (non-hydrogen) atoms. The number of benzene rings is 1. The number of hydrazine groups is 1. The Morgan fingerprint density at radius 2 is 1.53 bits per heavy atom. The lowest BCUT2D eigenvalue weighted by Crippen LogP contribution is -2.25. The van der Waals surface area contributed by atoms with Crippen molar-refractivity contribution in [2.75, 3.05) is 0 Å². The van der Waals surface area contributed by atoms with Crippen molar-refractivity contribution in [1.29, 1.82) is 0 Å². The third kappa shape index (κ3) is 2.25. The van der Waals surface area contributed by atoms with E-state index in [9.17, 15) is 0 Å². The van der Waals surface area contributed by atoms with Gasteiger partial charge >= 0.3 is 0 Å². The molecule has 1 aromatic carbocycles. The largest absolute Gasteiger partial charge is 0.319 e. The molecule has 0 aliphatic rings. The molecule has 0 radical (unpaired) electrons. The Balaban J connectivity index is 2.36. The Kier molecular flexibility index (Phi) is 3.31. The molecule has 90 valence electrons. The van der Waals surface area contributed by atoms with E-state index in [4.69, 9.17) is 5.84 Å². The van der Waals surface area contributed by atoms with Gasteiger partial charge in [0, 0.05) is 23.1 Å². The fourth-order valence-corrected chi connectivity index (χ4v) is 2.08. The number of rotatable bonds is 3. The normalized spacial score (nSPS) is 12.7. The van der Waals surface area contributed by atoms with Gasteiger partial charge in [0.15, 0.2) is 0 Å². The van der Waals surface area contributed by atoms with Crippen molar-refractivity contribution >= 4 is 0 Å². The first kappa shape index (κ1) is 11.9. The van der Waals surface area contributed by atoms with E-state index in [2.05, 4.69) is 60.2 Å². The second-order valence-corrected chi connectivity index (χ2v) is 4.43. The molecule has 0 fully saturated rings. The monoisotopic (exact) mass is 229 g/mol. The van der Waals surface area contributed by atoms with E-state index in [1.165, 1.54) is 22.6 Å². The Morgan fingerprint density at radius 1 is 1.00 bits per heavy atom. The van der Waals surface area contributed by atoms with Gasteiger partial charge in [0.25, 0.3) is 0 Å². The lowest BCUT2D eigenvalue weighted by molar-refractivity contribution is 0.602. The minimum atomic E-state index is 0.177. The summed E-state index contributed by atoms with van der Waals surface area (Å²) in [7, 11) is 0. The lowest BCUT2D eigenvalue weighted by atomic mass is 10.1. The van der Waals surface area contributed by atoms with Crippen LogP contribution in [-0.2, 0) is 0 Å². The number of nitrogens with two attached hydrogens (primary N) is 1. The molecule has 1 atom stereocenters. The van der Waals surface area contributed by atoms with Crippen LogP contribution in [0, 0.1) is 13.8 Å². The maximum atomic E-state index is 5.43. The summed E-state index contributed by atoms with van der Waals surface area (Å²) in [5, 5.41) is 0. The van der Waals surface area contributed by atoms with Crippen LogP contribution in [0.4, 0.5) is 0 Å². The molecule has 0 saturated heterocycles. The molecule has 0 bridgehead atoms. The second kappa shape index (κ2) is 4.73. The van der Waals surface area contributed by atoms with Crippen LogP contribution in [0.2, 0.25) is 0 Å². The topological polar surface area (TPSA) is 43.0 Å². The van der Waals surface area contributed by atoms with Crippen LogP contribution < -0.4 is 11.3 Å². The summed E-state index contributed by atoms with van der Waals surface area (Å²) in [4.78, 5) is 0. The highest BCUT2D eigenvalue weighted by Gasteiger charge is 2.05. The molecule has 0 aliphatic heterocycles. The maximum absolute atomic E-state index is 5.43. The van der Waals surface area contributed by atoms with Crippen LogP contribution in [-0.4, -0.2) is 4.57 Å². The predicted octanol–water partition coefficient (Wildman–Crippen LogP) is 2.62. The van der Waals surface area contributed by atoms with Crippen molar-refractivity contribution < 1.29 is 0 Å². The molecule has 0 amide bonds. The van der Waals surface area contributed by atoms with Gasteiger partial charge < -0.3 is 4.57 Å². The van der Waals surface area contributed by atoms with Crippen LogP contribution >= 0.6 is 0 Å². The van der Waals surface area contributed by atoms with E-state index in [0.717, 1.165) is 0 Å². The van der Waals surface area contributed by atoms with Gasteiger partial charge in [0.1, 0.15) is 0 Å². The molecule has 1 heterocycles. The molecule has 3 N–H and O–H groups in total. The lowest BCUT2D eigenvalue weighted by Gasteiger charge is -2.13. The third-order valence-electron chi connectivity index (χ3n) is 3.17. The number of hydrogen-bond acceptors (Lipinski definition) is 2. The van der Waals surface area contributed by atoms with Crippen LogP contribution in [0.25, 0.3) is 5.69 Å². The fourth-order valence-electron chi connectivity index (χ4n) is 2.08. The summed E-state index contributed by atoms with van der Waals surface area (Å²) in [5.41, 5.74) is 7.64. The average molecular weight is 229 g/mol. The molecule has 1 aromatic heterocycles. The summed E-state index contributed by atoms with van der Waals surface area (Å²) in [5.74, 6) is 5.43. The van der Waals surface area contributed by atoms with Crippen LogP contribution in [0.1, 0.15) is 29.9 Å². The Bertz CT molecular complexity index is 477. The van der Waals surface area contributed by atoms with Gasteiger partial charge in [0.05, 0.1) is 0 Å². The highest BCUT2D eigenvalue weighted by atomic mass is 15.2. The Labute approximate surface area is 102 Å². The smallest absolute Gasteiger partial charge is 0.0455 e. The number of hydrogen-bond donors (Lipinski definition) is 2. The van der Waals surface area contributed by atoms with Gasteiger partial charge in [-0.05, 0) is 50.6 Å². The maximum Gasteiger partial charge on any atom is 0.0455 e. The van der Waals surface area contributed by atoms with Gasteiger partial charge in [-0.25, -0.2) is 0 Å². The Hall–Kier alpha value is -1.58.